The van der Waals surface area contributed by atoms with Gasteiger partial charge >= 0.3 is 0 Å². The van der Waals surface area contributed by atoms with Crippen LogP contribution in [-0.2, 0) is 4.79 Å². The van der Waals surface area contributed by atoms with Crippen LogP contribution in [0, 0.1) is 0 Å². The van der Waals surface area contributed by atoms with E-state index in [2.05, 4.69) is 40.9 Å². The molecule has 12 nitrogen and oxygen atoms in total. The first-order chi connectivity index (χ1) is 13.9. The quantitative estimate of drug-likeness (QED) is 0.300. The summed E-state index contributed by atoms with van der Waals surface area (Å²) >= 11 is 0. The minimum absolute atomic E-state index is 0.0184. The molecule has 0 saturated carbocycles. The molecular weight excluding hydrogens is 378 g/mol. The zero-order chi connectivity index (χ0) is 21.4. The van der Waals surface area contributed by atoms with E-state index in [4.69, 9.17) is 5.73 Å². The highest BCUT2D eigenvalue weighted by Gasteiger charge is 2.20. The zero-order valence-corrected chi connectivity index (χ0v) is 16.0. The molecule has 2 heterocycles. The number of hydrogen-bond donors (Lipinski definition) is 5. The summed E-state index contributed by atoms with van der Waals surface area (Å²) in [5, 5.41) is 17.5. The van der Waals surface area contributed by atoms with Crippen molar-refractivity contribution in [3.63, 3.8) is 0 Å². The van der Waals surface area contributed by atoms with Gasteiger partial charge < -0.3 is 26.8 Å². The smallest absolute Gasteiger partial charge is 0.278 e. The first-order valence-corrected chi connectivity index (χ1v) is 8.39. The average molecular weight is 399 g/mol. The summed E-state index contributed by atoms with van der Waals surface area (Å²) in [5.41, 5.74) is 6.03. The Kier molecular flexibility index (Phi) is 7.26. The minimum atomic E-state index is -0.952. The number of nitrogens with two attached hydrogens (primary N) is 1. The summed E-state index contributed by atoms with van der Waals surface area (Å²) in [6, 6.07) is 0. The number of carbonyl (C=O) groups excluding carboxylic acids is 2. The van der Waals surface area contributed by atoms with Gasteiger partial charge in [0.1, 0.15) is 12.0 Å². The van der Waals surface area contributed by atoms with Crippen LogP contribution in [0.3, 0.4) is 0 Å². The number of rotatable bonds is 7. The standard InChI is InChI=1S/C17H21N9O3/c1-9(27)11-7-23-15(24-10-4-21-8-22-5-10)14(25-11)17(29)26-12(6-19-2)13(18)16(28)20-3/h4-9,27H,18H2,1-3H3,(H,20,28)(H,23,24)(H,26,29). The molecule has 2 aromatic heterocycles. The predicted octanol–water partition coefficient (Wildman–Crippen LogP) is -0.590. The molecule has 0 saturated heterocycles. The van der Waals surface area contributed by atoms with Crippen LogP contribution in [0.5, 0.6) is 0 Å². The maximum atomic E-state index is 12.9. The third-order valence-corrected chi connectivity index (χ3v) is 3.53. The Morgan fingerprint density at radius 1 is 1.28 bits per heavy atom. The van der Waals surface area contributed by atoms with Crippen LogP contribution in [0.25, 0.3) is 0 Å². The molecule has 0 aliphatic carbocycles. The van der Waals surface area contributed by atoms with Crippen molar-refractivity contribution in [2.75, 3.05) is 19.4 Å². The third kappa shape index (κ3) is 5.52. The SMILES string of the molecule is CN=CC(NC(=O)c1nc(C(C)O)cnc1Nc1cncnc1)=C(N)C(=O)NC. The fourth-order valence-electron chi connectivity index (χ4n) is 2.09. The monoisotopic (exact) mass is 399 g/mol. The first kappa shape index (κ1) is 21.4. The van der Waals surface area contributed by atoms with Gasteiger partial charge in [0.05, 0.1) is 41.8 Å². The van der Waals surface area contributed by atoms with Crippen molar-refractivity contribution in [3.8, 4) is 0 Å². The fraction of sp³-hybridized carbons (Fsp3) is 0.235. The number of aliphatic hydroxyl groups excluding tert-OH is 1. The van der Waals surface area contributed by atoms with E-state index < -0.39 is 17.9 Å². The van der Waals surface area contributed by atoms with Gasteiger partial charge in [0, 0.05) is 20.3 Å². The Balaban J connectivity index is 2.45. The molecule has 2 amide bonds. The lowest BCUT2D eigenvalue weighted by Gasteiger charge is -2.14. The van der Waals surface area contributed by atoms with Gasteiger partial charge in [0.25, 0.3) is 11.8 Å². The van der Waals surface area contributed by atoms with Crippen molar-refractivity contribution in [2.45, 2.75) is 13.0 Å². The lowest BCUT2D eigenvalue weighted by Crippen LogP contribution is -2.34. The number of aromatic nitrogens is 4. The number of allylic oxidation sites excluding steroid dienone is 1. The van der Waals surface area contributed by atoms with Crippen LogP contribution >= 0.6 is 0 Å². The summed E-state index contributed by atoms with van der Waals surface area (Å²) in [5.74, 6) is -1.22. The molecule has 0 bridgehead atoms. The second-order valence-corrected chi connectivity index (χ2v) is 5.67. The van der Waals surface area contributed by atoms with Crippen molar-refractivity contribution in [2.24, 2.45) is 10.7 Å². The van der Waals surface area contributed by atoms with Crippen LogP contribution in [-0.4, -0.2) is 57.2 Å². The number of hydrogen-bond acceptors (Lipinski definition) is 10. The number of nitrogens with zero attached hydrogens (tertiary/aromatic N) is 5. The summed E-state index contributed by atoms with van der Waals surface area (Å²) in [7, 11) is 2.86. The van der Waals surface area contributed by atoms with Gasteiger partial charge in [-0.3, -0.25) is 14.6 Å². The molecule has 12 heteroatoms. The van der Waals surface area contributed by atoms with Crippen LogP contribution in [0.15, 0.2) is 41.3 Å². The van der Waals surface area contributed by atoms with Gasteiger partial charge in [-0.15, -0.1) is 0 Å². The first-order valence-electron chi connectivity index (χ1n) is 8.39. The van der Waals surface area contributed by atoms with Crippen LogP contribution < -0.4 is 21.7 Å². The molecule has 0 spiro atoms. The van der Waals surface area contributed by atoms with Crippen molar-refractivity contribution >= 4 is 29.5 Å². The highest BCUT2D eigenvalue weighted by atomic mass is 16.3. The Morgan fingerprint density at radius 2 is 1.97 bits per heavy atom. The van der Waals surface area contributed by atoms with Crippen molar-refractivity contribution < 1.29 is 14.7 Å². The number of aliphatic hydroxyl groups is 1. The number of aliphatic imine (C=N–C) groups is 1. The summed E-state index contributed by atoms with van der Waals surface area (Å²) < 4.78 is 0. The van der Waals surface area contributed by atoms with E-state index in [9.17, 15) is 14.7 Å². The topological polar surface area (TPSA) is 180 Å². The van der Waals surface area contributed by atoms with E-state index in [-0.39, 0.29) is 28.6 Å². The van der Waals surface area contributed by atoms with Gasteiger partial charge in [-0.05, 0) is 6.92 Å². The van der Waals surface area contributed by atoms with Crippen LogP contribution in [0.1, 0.15) is 29.2 Å². The molecule has 29 heavy (non-hydrogen) atoms. The number of anilines is 2. The van der Waals surface area contributed by atoms with Gasteiger partial charge in [-0.2, -0.15) is 0 Å². The number of amides is 2. The highest BCUT2D eigenvalue weighted by molar-refractivity contribution is 6.05. The second-order valence-electron chi connectivity index (χ2n) is 5.67. The largest absolute Gasteiger partial charge is 0.393 e. The molecule has 0 radical (unpaired) electrons. The summed E-state index contributed by atoms with van der Waals surface area (Å²) in [6.45, 7) is 1.49. The van der Waals surface area contributed by atoms with Gasteiger partial charge in [0.2, 0.25) is 0 Å². The Morgan fingerprint density at radius 3 is 2.55 bits per heavy atom. The van der Waals surface area contributed by atoms with Gasteiger partial charge in [0.15, 0.2) is 11.5 Å². The second kappa shape index (κ2) is 9.85. The van der Waals surface area contributed by atoms with Crippen LogP contribution in [0.2, 0.25) is 0 Å². The van der Waals surface area contributed by atoms with E-state index in [0.29, 0.717) is 5.69 Å². The zero-order valence-electron chi connectivity index (χ0n) is 16.0. The molecule has 6 N–H and O–H groups in total. The lowest BCUT2D eigenvalue weighted by molar-refractivity contribution is -0.117. The molecule has 1 atom stereocenters. The van der Waals surface area contributed by atoms with E-state index in [1.165, 1.54) is 52.2 Å². The normalized spacial score (nSPS) is 12.8. The molecular formula is C17H21N9O3. The molecule has 0 aliphatic rings. The van der Waals surface area contributed by atoms with E-state index >= 15 is 0 Å². The third-order valence-electron chi connectivity index (χ3n) is 3.53. The number of nitrogens with one attached hydrogen (secondary N) is 3. The van der Waals surface area contributed by atoms with E-state index in [1.807, 2.05) is 0 Å². The Bertz CT molecular complexity index is 942. The maximum absolute atomic E-state index is 12.9. The Hall–Kier alpha value is -3.93. The summed E-state index contributed by atoms with van der Waals surface area (Å²) in [4.78, 5) is 44.6. The van der Waals surface area contributed by atoms with Gasteiger partial charge in [-0.1, -0.05) is 0 Å². The maximum Gasteiger partial charge on any atom is 0.278 e. The molecule has 2 aromatic rings. The molecule has 152 valence electrons. The molecule has 1 unspecified atom stereocenters. The molecule has 0 fully saturated rings. The average Bonchev–Trinajstić information content (AvgIpc) is 2.73. The van der Waals surface area contributed by atoms with Crippen molar-refractivity contribution in [3.05, 3.63) is 47.7 Å². The number of carbonyl (C=O) groups is 2. The fourth-order valence-corrected chi connectivity index (χ4v) is 2.09. The molecule has 0 aliphatic heterocycles. The number of likely N-dealkylation sites (N-methyl/N-ethyl adjacent to an activating group) is 1. The lowest BCUT2D eigenvalue weighted by atomic mass is 10.2. The predicted molar refractivity (Wildman–Crippen MR) is 105 cm³/mol. The highest BCUT2D eigenvalue weighted by Crippen LogP contribution is 2.19. The van der Waals surface area contributed by atoms with Crippen molar-refractivity contribution in [1.29, 1.82) is 0 Å². The van der Waals surface area contributed by atoms with Gasteiger partial charge in [-0.25, -0.2) is 19.9 Å². The summed E-state index contributed by atoms with van der Waals surface area (Å²) in [6.07, 6.45) is 5.92. The Labute approximate surface area is 166 Å². The van der Waals surface area contributed by atoms with E-state index in [0.717, 1.165) is 0 Å². The van der Waals surface area contributed by atoms with E-state index in [1.54, 1.807) is 0 Å². The minimum Gasteiger partial charge on any atom is -0.393 e. The van der Waals surface area contributed by atoms with Crippen molar-refractivity contribution in [1.82, 2.24) is 30.6 Å². The van der Waals surface area contributed by atoms with Crippen LogP contribution in [0.4, 0.5) is 11.5 Å². The molecule has 0 aromatic carbocycles. The molecule has 2 rings (SSSR count).